The van der Waals surface area contributed by atoms with Crippen LogP contribution >= 0.6 is 15.9 Å². The van der Waals surface area contributed by atoms with Gasteiger partial charge in [0.05, 0.1) is 4.47 Å². The Morgan fingerprint density at radius 3 is 2.46 bits per heavy atom. The molecule has 13 heavy (non-hydrogen) atoms. The fraction of sp³-hybridized carbons (Fsp3) is 0.143. The second-order valence-corrected chi connectivity index (χ2v) is 4.64. The van der Waals surface area contributed by atoms with E-state index in [1.54, 1.807) is 6.07 Å². The first-order valence-corrected chi connectivity index (χ1v) is 4.82. The van der Waals surface area contributed by atoms with Crippen LogP contribution in [-0.4, -0.2) is 28.8 Å². The summed E-state index contributed by atoms with van der Waals surface area (Å²) in [4.78, 5) is 0. The van der Waals surface area contributed by atoms with Crippen molar-refractivity contribution in [2.75, 3.05) is 0 Å². The van der Waals surface area contributed by atoms with Crippen molar-refractivity contribution >= 4 is 39.5 Å². The van der Waals surface area contributed by atoms with Crippen molar-refractivity contribution in [2.45, 2.75) is 5.30 Å². The predicted molar refractivity (Wildman–Crippen MR) is 63.1 cm³/mol. The SMILES string of the molecule is BC(B)(B)Oc1cc(F)ccc1Br. The quantitative estimate of drug-likeness (QED) is 0.632. The Morgan fingerprint density at radius 2 is 1.92 bits per heavy atom. The van der Waals surface area contributed by atoms with Gasteiger partial charge in [-0.15, -0.1) is 0 Å². The minimum Gasteiger partial charge on any atom is -0.512 e. The Bertz CT molecular complexity index is 313. The molecule has 0 saturated heterocycles. The van der Waals surface area contributed by atoms with E-state index in [1.165, 1.54) is 12.1 Å². The Hall–Kier alpha value is -0.375. The van der Waals surface area contributed by atoms with Gasteiger partial charge in [0.2, 0.25) is 0 Å². The topological polar surface area (TPSA) is 9.23 Å². The summed E-state index contributed by atoms with van der Waals surface area (Å²) < 4.78 is 19.1. The molecule has 0 N–H and O–H groups in total. The lowest BCUT2D eigenvalue weighted by Crippen LogP contribution is -2.37. The highest BCUT2D eigenvalue weighted by molar-refractivity contribution is 9.10. The summed E-state index contributed by atoms with van der Waals surface area (Å²) in [5, 5.41) is -0.309. The van der Waals surface area contributed by atoms with E-state index in [9.17, 15) is 4.39 Å². The summed E-state index contributed by atoms with van der Waals surface area (Å²) in [5.41, 5.74) is 0. The monoisotopic (exact) mass is 240 g/mol. The van der Waals surface area contributed by atoms with Crippen molar-refractivity contribution in [1.29, 1.82) is 0 Å². The molecule has 0 heterocycles. The van der Waals surface area contributed by atoms with Crippen LogP contribution in [0, 0.1) is 5.82 Å². The third-order valence-electron chi connectivity index (χ3n) is 1.31. The third-order valence-corrected chi connectivity index (χ3v) is 1.96. The summed E-state index contributed by atoms with van der Waals surface area (Å²) in [7, 11) is 5.76. The Labute approximate surface area is 88.4 Å². The van der Waals surface area contributed by atoms with E-state index in [1.807, 2.05) is 23.5 Å². The lowest BCUT2D eigenvalue weighted by molar-refractivity contribution is 0.314. The van der Waals surface area contributed by atoms with Gasteiger partial charge in [-0.25, -0.2) is 4.39 Å². The van der Waals surface area contributed by atoms with Gasteiger partial charge in [-0.1, -0.05) is 0 Å². The number of rotatable bonds is 2. The second kappa shape index (κ2) is 3.78. The van der Waals surface area contributed by atoms with Gasteiger partial charge in [0.15, 0.2) is 0 Å². The lowest BCUT2D eigenvalue weighted by Gasteiger charge is -2.22. The smallest absolute Gasteiger partial charge is 0.135 e. The van der Waals surface area contributed by atoms with E-state index in [0.717, 1.165) is 4.47 Å². The van der Waals surface area contributed by atoms with Crippen LogP contribution in [0.5, 0.6) is 5.75 Å². The van der Waals surface area contributed by atoms with Crippen molar-refractivity contribution in [3.05, 3.63) is 28.5 Å². The maximum Gasteiger partial charge on any atom is 0.135 e. The van der Waals surface area contributed by atoms with E-state index >= 15 is 0 Å². The van der Waals surface area contributed by atoms with Crippen molar-refractivity contribution in [1.82, 2.24) is 0 Å². The molecule has 0 aromatic heterocycles. The molecule has 0 aliphatic heterocycles. The number of halogens is 2. The zero-order valence-corrected chi connectivity index (χ0v) is 9.48. The molecule has 1 nitrogen and oxygen atoms in total. The third kappa shape index (κ3) is 3.47. The average Bonchev–Trinajstić information content (AvgIpc) is 1.94. The van der Waals surface area contributed by atoms with Crippen LogP contribution in [0.4, 0.5) is 4.39 Å². The van der Waals surface area contributed by atoms with Crippen LogP contribution in [0.25, 0.3) is 0 Å². The molecular formula is C7H9B3BrFO. The van der Waals surface area contributed by atoms with E-state index in [2.05, 4.69) is 15.9 Å². The summed E-state index contributed by atoms with van der Waals surface area (Å²) in [6.45, 7) is 0. The van der Waals surface area contributed by atoms with Crippen LogP contribution in [0.15, 0.2) is 22.7 Å². The Morgan fingerprint density at radius 1 is 1.31 bits per heavy atom. The Kier molecular flexibility index (Phi) is 3.11. The normalized spacial score (nSPS) is 11.2. The van der Waals surface area contributed by atoms with Crippen LogP contribution in [0.2, 0.25) is 0 Å². The summed E-state index contributed by atoms with van der Waals surface area (Å²) in [6.07, 6.45) is 0. The molecule has 0 saturated carbocycles. The molecule has 0 radical (unpaired) electrons. The molecule has 0 amide bonds. The number of ether oxygens (including phenoxy) is 1. The standard InChI is InChI=1S/C7H9B3BrFO/c8-7(9,10)13-6-3-4(12)1-2-5(6)11/h1-3H,8-10H2. The van der Waals surface area contributed by atoms with Crippen LogP contribution in [-0.2, 0) is 0 Å². The predicted octanol–water partition coefficient (Wildman–Crippen LogP) is -0.522. The highest BCUT2D eigenvalue weighted by Gasteiger charge is 2.14. The van der Waals surface area contributed by atoms with Crippen molar-refractivity contribution in [2.24, 2.45) is 0 Å². The summed E-state index contributed by atoms with van der Waals surface area (Å²) in [5.74, 6) is 0.245. The molecule has 6 heteroatoms. The molecule has 0 bridgehead atoms. The minimum atomic E-state index is -0.309. The number of benzene rings is 1. The van der Waals surface area contributed by atoms with Crippen molar-refractivity contribution in [3.63, 3.8) is 0 Å². The molecule has 0 spiro atoms. The first-order chi connectivity index (χ1) is 5.88. The lowest BCUT2D eigenvalue weighted by atomic mass is 9.52. The molecule has 0 unspecified atom stereocenters. The average molecular weight is 240 g/mol. The van der Waals surface area contributed by atoms with Crippen LogP contribution < -0.4 is 4.74 Å². The highest BCUT2D eigenvalue weighted by Crippen LogP contribution is 2.26. The van der Waals surface area contributed by atoms with Crippen LogP contribution in [0.1, 0.15) is 0 Å². The zero-order chi connectivity index (χ0) is 10.1. The van der Waals surface area contributed by atoms with Gasteiger partial charge in [-0.05, 0) is 28.1 Å². The second-order valence-electron chi connectivity index (χ2n) is 3.79. The fourth-order valence-electron chi connectivity index (χ4n) is 0.885. The zero-order valence-electron chi connectivity index (χ0n) is 7.90. The summed E-state index contributed by atoms with van der Waals surface area (Å²) >= 11 is 3.29. The van der Waals surface area contributed by atoms with Crippen molar-refractivity contribution < 1.29 is 9.13 Å². The van der Waals surface area contributed by atoms with Gasteiger partial charge < -0.3 is 4.74 Å². The Balaban J connectivity index is 2.94. The van der Waals surface area contributed by atoms with Gasteiger partial charge in [0.25, 0.3) is 0 Å². The van der Waals surface area contributed by atoms with Gasteiger partial charge in [0.1, 0.15) is 35.1 Å². The van der Waals surface area contributed by atoms with Gasteiger partial charge in [-0.3, -0.25) is 0 Å². The van der Waals surface area contributed by atoms with Gasteiger partial charge >= 0.3 is 0 Å². The van der Waals surface area contributed by atoms with Crippen molar-refractivity contribution in [3.8, 4) is 5.75 Å². The van der Waals surface area contributed by atoms with E-state index in [-0.39, 0.29) is 11.1 Å². The van der Waals surface area contributed by atoms with Gasteiger partial charge in [0, 0.05) is 11.4 Å². The molecule has 1 rings (SSSR count). The van der Waals surface area contributed by atoms with E-state index < -0.39 is 0 Å². The molecule has 66 valence electrons. The molecule has 0 fully saturated rings. The minimum absolute atomic E-state index is 0.289. The first-order valence-electron chi connectivity index (χ1n) is 4.02. The van der Waals surface area contributed by atoms with E-state index in [4.69, 9.17) is 4.74 Å². The first kappa shape index (κ1) is 10.7. The maximum absolute atomic E-state index is 12.8. The summed E-state index contributed by atoms with van der Waals surface area (Å²) in [6, 6.07) is 4.39. The fourth-order valence-corrected chi connectivity index (χ4v) is 1.21. The molecule has 1 aromatic carbocycles. The highest BCUT2D eigenvalue weighted by atomic mass is 79.9. The maximum atomic E-state index is 12.8. The molecule has 1 aromatic rings. The number of hydrogen-bond acceptors (Lipinski definition) is 1. The molecular weight excluding hydrogens is 231 g/mol. The molecule has 0 aliphatic carbocycles. The molecule has 0 atom stereocenters. The van der Waals surface area contributed by atoms with E-state index in [0.29, 0.717) is 5.75 Å². The number of hydrogen-bond donors (Lipinski definition) is 0. The largest absolute Gasteiger partial charge is 0.512 e. The van der Waals surface area contributed by atoms with Gasteiger partial charge in [-0.2, -0.15) is 0 Å². The molecule has 0 aliphatic rings. The van der Waals surface area contributed by atoms with Crippen LogP contribution in [0.3, 0.4) is 0 Å².